The summed E-state index contributed by atoms with van der Waals surface area (Å²) in [6, 6.07) is 6.21. The maximum absolute atomic E-state index is 5.85. The maximum atomic E-state index is 5.85. The second-order valence-corrected chi connectivity index (χ2v) is 7.53. The van der Waals surface area contributed by atoms with Gasteiger partial charge in [-0.2, -0.15) is 4.98 Å². The number of terminal acetylenes is 1. The van der Waals surface area contributed by atoms with Crippen molar-refractivity contribution in [2.24, 2.45) is 0 Å². The van der Waals surface area contributed by atoms with Crippen LogP contribution in [-0.4, -0.2) is 49.9 Å². The van der Waals surface area contributed by atoms with Gasteiger partial charge in [-0.15, -0.1) is 16.6 Å². The normalized spacial score (nSPS) is 22.0. The average Bonchev–Trinajstić information content (AvgIpc) is 3.15. The van der Waals surface area contributed by atoms with Crippen LogP contribution in [0.2, 0.25) is 0 Å². The van der Waals surface area contributed by atoms with Gasteiger partial charge in [0.25, 0.3) is 0 Å². The quantitative estimate of drug-likeness (QED) is 0.670. The molecule has 29 heavy (non-hydrogen) atoms. The van der Waals surface area contributed by atoms with Crippen molar-refractivity contribution in [1.82, 2.24) is 24.6 Å². The van der Waals surface area contributed by atoms with E-state index in [0.717, 1.165) is 37.2 Å². The summed E-state index contributed by atoms with van der Waals surface area (Å²) >= 11 is 0. The van der Waals surface area contributed by atoms with Crippen LogP contribution in [0.25, 0.3) is 5.65 Å². The van der Waals surface area contributed by atoms with Gasteiger partial charge in [-0.05, 0) is 31.4 Å². The molecular formula is C21H22N6O2. The van der Waals surface area contributed by atoms with E-state index >= 15 is 0 Å². The highest BCUT2D eigenvalue weighted by Gasteiger charge is 2.28. The number of aromatic nitrogens is 5. The van der Waals surface area contributed by atoms with Crippen molar-refractivity contribution < 1.29 is 9.47 Å². The Bertz CT molecular complexity index is 1050. The summed E-state index contributed by atoms with van der Waals surface area (Å²) in [6.07, 6.45) is 13.4. The summed E-state index contributed by atoms with van der Waals surface area (Å²) in [6.45, 7) is 1.13. The number of ether oxygens (including phenoxy) is 2. The van der Waals surface area contributed by atoms with Gasteiger partial charge >= 0.3 is 0 Å². The van der Waals surface area contributed by atoms with Gasteiger partial charge in [0.2, 0.25) is 11.8 Å². The smallest absolute Gasteiger partial charge is 0.234 e. The molecule has 1 saturated heterocycles. The lowest BCUT2D eigenvalue weighted by Gasteiger charge is -2.29. The van der Waals surface area contributed by atoms with Crippen molar-refractivity contribution in [3.63, 3.8) is 0 Å². The number of rotatable bonds is 5. The number of fused-ring (bicyclic) bond motifs is 1. The molecule has 0 bridgehead atoms. The molecule has 0 aromatic carbocycles. The molecule has 1 N–H and O–H groups in total. The van der Waals surface area contributed by atoms with Crippen LogP contribution in [0.4, 0.5) is 5.95 Å². The monoisotopic (exact) mass is 390 g/mol. The van der Waals surface area contributed by atoms with E-state index in [0.29, 0.717) is 36.5 Å². The fraction of sp³-hybridized carbons (Fsp3) is 0.429. The molecule has 1 unspecified atom stereocenters. The van der Waals surface area contributed by atoms with Crippen LogP contribution in [0.5, 0.6) is 5.88 Å². The van der Waals surface area contributed by atoms with E-state index in [4.69, 9.17) is 15.9 Å². The van der Waals surface area contributed by atoms with Gasteiger partial charge in [-0.3, -0.25) is 4.40 Å². The van der Waals surface area contributed by atoms with E-state index in [-0.39, 0.29) is 12.1 Å². The number of anilines is 1. The van der Waals surface area contributed by atoms with E-state index in [1.54, 1.807) is 6.20 Å². The Morgan fingerprint density at radius 1 is 1.24 bits per heavy atom. The molecule has 148 valence electrons. The Labute approximate surface area is 168 Å². The second-order valence-electron chi connectivity index (χ2n) is 7.53. The Morgan fingerprint density at radius 2 is 2.17 bits per heavy atom. The highest BCUT2D eigenvalue weighted by molar-refractivity contribution is 5.43. The second kappa shape index (κ2) is 7.68. The summed E-state index contributed by atoms with van der Waals surface area (Å²) in [7, 11) is 0. The van der Waals surface area contributed by atoms with Gasteiger partial charge in [0, 0.05) is 18.2 Å². The van der Waals surface area contributed by atoms with E-state index in [2.05, 4.69) is 35.8 Å². The van der Waals surface area contributed by atoms with Gasteiger partial charge in [-0.1, -0.05) is 18.4 Å². The van der Waals surface area contributed by atoms with Crippen LogP contribution < -0.4 is 10.1 Å². The first-order valence-corrected chi connectivity index (χ1v) is 9.94. The fourth-order valence-corrected chi connectivity index (χ4v) is 3.94. The van der Waals surface area contributed by atoms with Crippen LogP contribution in [0, 0.1) is 12.3 Å². The zero-order valence-electron chi connectivity index (χ0n) is 16.0. The number of hydrogen-bond donors (Lipinski definition) is 1. The Hall–Kier alpha value is -3.18. The molecule has 2 aliphatic rings. The third-order valence-electron chi connectivity index (χ3n) is 5.51. The van der Waals surface area contributed by atoms with E-state index in [9.17, 15) is 0 Å². The zero-order chi connectivity index (χ0) is 19.6. The SMILES string of the molecule is C#Cc1cnc(NC2CCC[C@H](c3nnc4ccccn34)C2)nc1OC1COC1. The van der Waals surface area contributed by atoms with E-state index in [1.165, 1.54) is 0 Å². The van der Waals surface area contributed by atoms with E-state index < -0.39 is 0 Å². The number of pyridine rings is 1. The van der Waals surface area contributed by atoms with Crippen molar-refractivity contribution in [1.29, 1.82) is 0 Å². The molecule has 8 nitrogen and oxygen atoms in total. The zero-order valence-corrected chi connectivity index (χ0v) is 16.0. The molecular weight excluding hydrogens is 368 g/mol. The van der Waals surface area contributed by atoms with Gasteiger partial charge in [0.1, 0.15) is 17.5 Å². The Balaban J connectivity index is 1.31. The first-order chi connectivity index (χ1) is 14.3. The first-order valence-electron chi connectivity index (χ1n) is 9.94. The lowest BCUT2D eigenvalue weighted by atomic mass is 9.85. The van der Waals surface area contributed by atoms with Crippen molar-refractivity contribution in [2.75, 3.05) is 18.5 Å². The standard InChI is InChI=1S/C21H22N6O2/c1-2-14-11-22-21(24-20(14)29-17-12-28-13-17)23-16-7-5-6-15(10-16)19-26-25-18-8-3-4-9-27(18)19/h1,3-4,8-9,11,15-17H,5-7,10,12-13H2,(H,22,23,24)/t15-,16?/m0/s1. The third-order valence-corrected chi connectivity index (χ3v) is 5.51. The van der Waals surface area contributed by atoms with Gasteiger partial charge in [-0.25, -0.2) is 4.98 Å². The molecule has 1 aliphatic heterocycles. The van der Waals surface area contributed by atoms with Gasteiger partial charge in [0.05, 0.1) is 19.4 Å². The number of nitrogens with one attached hydrogen (secondary N) is 1. The van der Waals surface area contributed by atoms with Crippen LogP contribution >= 0.6 is 0 Å². The summed E-state index contributed by atoms with van der Waals surface area (Å²) < 4.78 is 13.1. The summed E-state index contributed by atoms with van der Waals surface area (Å²) in [5, 5.41) is 12.2. The predicted molar refractivity (Wildman–Crippen MR) is 107 cm³/mol. The largest absolute Gasteiger partial charge is 0.468 e. The third kappa shape index (κ3) is 3.61. The molecule has 0 radical (unpaired) electrons. The number of hydrogen-bond acceptors (Lipinski definition) is 7. The average molecular weight is 390 g/mol. The Kier molecular flexibility index (Phi) is 4.74. The molecule has 5 rings (SSSR count). The van der Waals surface area contributed by atoms with Crippen LogP contribution in [-0.2, 0) is 4.74 Å². The number of nitrogens with zero attached hydrogens (tertiary/aromatic N) is 5. The van der Waals surface area contributed by atoms with Crippen LogP contribution in [0.15, 0.2) is 30.6 Å². The minimum absolute atomic E-state index is 0.00475. The Morgan fingerprint density at radius 3 is 3.00 bits per heavy atom. The molecule has 3 aromatic rings. The minimum Gasteiger partial charge on any atom is -0.468 e. The van der Waals surface area contributed by atoms with Crippen molar-refractivity contribution in [3.8, 4) is 18.2 Å². The van der Waals surface area contributed by atoms with Gasteiger partial charge < -0.3 is 14.8 Å². The topological polar surface area (TPSA) is 86.5 Å². The molecule has 0 spiro atoms. The molecule has 2 atom stereocenters. The molecule has 1 aliphatic carbocycles. The highest BCUT2D eigenvalue weighted by Crippen LogP contribution is 2.33. The van der Waals surface area contributed by atoms with Crippen molar-refractivity contribution >= 4 is 11.6 Å². The fourth-order valence-electron chi connectivity index (χ4n) is 3.94. The van der Waals surface area contributed by atoms with Gasteiger partial charge in [0.15, 0.2) is 5.65 Å². The predicted octanol–water partition coefficient (Wildman–Crippen LogP) is 2.42. The minimum atomic E-state index is 0.00475. The molecule has 8 heteroatoms. The highest BCUT2D eigenvalue weighted by atomic mass is 16.6. The maximum Gasteiger partial charge on any atom is 0.234 e. The van der Waals surface area contributed by atoms with Crippen molar-refractivity contribution in [3.05, 3.63) is 42.0 Å². The molecule has 2 fully saturated rings. The summed E-state index contributed by atoms with van der Waals surface area (Å²) in [4.78, 5) is 8.91. The lowest BCUT2D eigenvalue weighted by molar-refractivity contribution is -0.0814. The van der Waals surface area contributed by atoms with E-state index in [1.807, 2.05) is 24.4 Å². The summed E-state index contributed by atoms with van der Waals surface area (Å²) in [5.41, 5.74) is 1.44. The van der Waals surface area contributed by atoms with Crippen LogP contribution in [0.1, 0.15) is 43.0 Å². The molecule has 4 heterocycles. The summed E-state index contributed by atoms with van der Waals surface area (Å²) in [5.74, 6) is 4.92. The van der Waals surface area contributed by atoms with Crippen molar-refractivity contribution in [2.45, 2.75) is 43.7 Å². The lowest BCUT2D eigenvalue weighted by Crippen LogP contribution is -2.39. The molecule has 3 aromatic heterocycles. The van der Waals surface area contributed by atoms with Crippen LogP contribution in [0.3, 0.4) is 0 Å². The first kappa shape index (κ1) is 17.9. The molecule has 1 saturated carbocycles. The molecule has 0 amide bonds.